The summed E-state index contributed by atoms with van der Waals surface area (Å²) < 4.78 is 37.9. The number of carbonyl (C=O) groups is 2. The Balaban J connectivity index is 1.90. The molecular weight excluding hydrogens is 717 g/mol. The van der Waals surface area contributed by atoms with E-state index in [1.807, 2.05) is 24.3 Å². The van der Waals surface area contributed by atoms with Crippen molar-refractivity contribution in [2.45, 2.75) is 163 Å². The third-order valence-electron chi connectivity index (χ3n) is 10.9. The minimum Gasteiger partial charge on any atom is -0.488 e. The Labute approximate surface area is 345 Å². The van der Waals surface area contributed by atoms with Crippen LogP contribution in [0.15, 0.2) is 42.5 Å². The molecule has 4 atom stereocenters. The number of esters is 2. The number of ether oxygens (including phenoxy) is 6. The molecule has 0 radical (unpaired) electrons. The van der Waals surface area contributed by atoms with E-state index >= 15 is 0 Å². The van der Waals surface area contributed by atoms with Gasteiger partial charge in [0.1, 0.15) is 24.7 Å². The van der Waals surface area contributed by atoms with Crippen molar-refractivity contribution in [3.05, 3.63) is 48.0 Å². The molecule has 0 fully saturated rings. The number of carbonyl (C=O) groups excluding carboxylic acids is 2. The average molecular weight is 793 g/mol. The maximum atomic E-state index is 13.0. The Bertz CT molecular complexity index is 1570. The first-order valence-electron chi connectivity index (χ1n) is 22.5. The topological polar surface area (TPSA) is 89.5 Å². The number of hydrogen-bond donors (Lipinski definition) is 0. The van der Waals surface area contributed by atoms with E-state index in [9.17, 15) is 9.59 Å². The smallest absolute Gasteiger partial charge is 0.306 e. The third-order valence-corrected chi connectivity index (χ3v) is 10.9. The van der Waals surface area contributed by atoms with Crippen LogP contribution >= 0.6 is 0 Å². The van der Waals surface area contributed by atoms with Crippen LogP contribution in [0.4, 0.5) is 0 Å². The zero-order valence-electron chi connectivity index (χ0n) is 36.7. The van der Waals surface area contributed by atoms with Crippen molar-refractivity contribution in [2.75, 3.05) is 39.6 Å². The molecule has 8 nitrogen and oxygen atoms in total. The predicted octanol–water partition coefficient (Wildman–Crippen LogP) is 12.5. The molecule has 0 saturated heterocycles. The van der Waals surface area contributed by atoms with Gasteiger partial charge in [-0.25, -0.2) is 0 Å². The molecule has 0 saturated carbocycles. The number of rotatable bonds is 32. The summed E-state index contributed by atoms with van der Waals surface area (Å²) in [6, 6.07) is 14.3. The highest BCUT2D eigenvalue weighted by atomic mass is 16.6. The van der Waals surface area contributed by atoms with Crippen LogP contribution < -0.4 is 9.47 Å². The first-order valence-corrected chi connectivity index (χ1v) is 22.5. The van der Waals surface area contributed by atoms with Gasteiger partial charge in [-0.3, -0.25) is 9.59 Å². The zero-order valence-corrected chi connectivity index (χ0v) is 36.7. The van der Waals surface area contributed by atoms with Crippen molar-refractivity contribution in [1.29, 1.82) is 0 Å². The van der Waals surface area contributed by atoms with Crippen molar-refractivity contribution in [1.82, 2.24) is 0 Å². The van der Waals surface area contributed by atoms with Gasteiger partial charge in [-0.05, 0) is 50.5 Å². The van der Waals surface area contributed by atoms with Gasteiger partial charge in [0.2, 0.25) is 0 Å². The van der Waals surface area contributed by atoms with Crippen LogP contribution in [0.5, 0.6) is 11.5 Å². The quantitative estimate of drug-likeness (QED) is 0.0351. The fourth-order valence-electron chi connectivity index (χ4n) is 7.17. The molecule has 0 aromatic heterocycles. The Kier molecular flexibility index (Phi) is 23.7. The third kappa shape index (κ3) is 17.2. The Hall–Kier alpha value is -3.36. The summed E-state index contributed by atoms with van der Waals surface area (Å²) in [6.45, 7) is 17.3. The summed E-state index contributed by atoms with van der Waals surface area (Å²) in [6.07, 6.45) is 14.4. The zero-order chi connectivity index (χ0) is 41.3. The lowest BCUT2D eigenvalue weighted by Crippen LogP contribution is -2.31. The van der Waals surface area contributed by atoms with Crippen LogP contribution in [0.25, 0.3) is 21.5 Å². The molecule has 0 amide bonds. The van der Waals surface area contributed by atoms with Gasteiger partial charge in [-0.2, -0.15) is 0 Å². The number of aryl methyl sites for hydroxylation is 1. The SMILES string of the molecule is CCCCCC(=O)OC(COCC(CC)CCCC)COc1c2ccccc2c(OCC(COCC(CC)CCCC)OC(=O)CCCCC)c2cc(C)ccc12. The fourth-order valence-corrected chi connectivity index (χ4v) is 7.17. The molecule has 3 aromatic carbocycles. The van der Waals surface area contributed by atoms with E-state index in [-0.39, 0.29) is 38.4 Å². The normalized spacial score (nSPS) is 13.7. The summed E-state index contributed by atoms with van der Waals surface area (Å²) in [4.78, 5) is 25.9. The second kappa shape index (κ2) is 28.1. The van der Waals surface area contributed by atoms with Gasteiger partial charge in [-0.1, -0.05) is 148 Å². The first kappa shape index (κ1) is 48.0. The van der Waals surface area contributed by atoms with Crippen LogP contribution in [0.3, 0.4) is 0 Å². The van der Waals surface area contributed by atoms with E-state index in [2.05, 4.69) is 66.7 Å². The molecule has 4 unspecified atom stereocenters. The van der Waals surface area contributed by atoms with Crippen LogP contribution in [-0.4, -0.2) is 63.8 Å². The maximum Gasteiger partial charge on any atom is 0.306 e. The van der Waals surface area contributed by atoms with E-state index in [4.69, 9.17) is 28.4 Å². The molecule has 0 heterocycles. The molecule has 8 heteroatoms. The van der Waals surface area contributed by atoms with Crippen molar-refractivity contribution >= 4 is 33.5 Å². The monoisotopic (exact) mass is 793 g/mol. The van der Waals surface area contributed by atoms with Gasteiger partial charge in [-0.15, -0.1) is 0 Å². The minimum atomic E-state index is -0.556. The van der Waals surface area contributed by atoms with Crippen molar-refractivity contribution in [3.8, 4) is 11.5 Å². The first-order chi connectivity index (χ1) is 27.8. The lowest BCUT2D eigenvalue weighted by atomic mass is 9.99. The number of benzene rings is 3. The summed E-state index contributed by atoms with van der Waals surface area (Å²) >= 11 is 0. The van der Waals surface area contributed by atoms with Crippen LogP contribution in [0.2, 0.25) is 0 Å². The summed E-state index contributed by atoms with van der Waals surface area (Å²) in [5, 5.41) is 3.56. The van der Waals surface area contributed by atoms with Crippen molar-refractivity contribution in [3.63, 3.8) is 0 Å². The maximum absolute atomic E-state index is 13.0. The molecule has 0 aliphatic rings. The van der Waals surface area contributed by atoms with Gasteiger partial charge in [0.25, 0.3) is 0 Å². The molecule has 0 aliphatic carbocycles. The highest BCUT2D eigenvalue weighted by Crippen LogP contribution is 2.43. The van der Waals surface area contributed by atoms with E-state index in [0.717, 1.165) is 104 Å². The van der Waals surface area contributed by atoms with Gasteiger partial charge in [0.05, 0.1) is 13.2 Å². The fraction of sp³-hybridized carbons (Fsp3) is 0.673. The van der Waals surface area contributed by atoms with Gasteiger partial charge < -0.3 is 28.4 Å². The van der Waals surface area contributed by atoms with E-state index < -0.39 is 12.2 Å². The number of unbranched alkanes of at least 4 members (excludes halogenated alkanes) is 6. The lowest BCUT2D eigenvalue weighted by molar-refractivity contribution is -0.155. The molecule has 3 rings (SSSR count). The summed E-state index contributed by atoms with van der Waals surface area (Å²) in [5.74, 6) is 1.93. The Morgan fingerprint density at radius 3 is 1.39 bits per heavy atom. The van der Waals surface area contributed by atoms with Crippen LogP contribution in [0, 0.1) is 18.8 Å². The largest absolute Gasteiger partial charge is 0.488 e. The highest BCUT2D eigenvalue weighted by molar-refractivity contribution is 6.11. The molecule has 0 bridgehead atoms. The summed E-state index contributed by atoms with van der Waals surface area (Å²) in [7, 11) is 0. The van der Waals surface area contributed by atoms with Crippen LogP contribution in [0.1, 0.15) is 150 Å². The van der Waals surface area contributed by atoms with Crippen LogP contribution in [-0.2, 0) is 28.5 Å². The highest BCUT2D eigenvalue weighted by Gasteiger charge is 2.23. The molecular formula is C49H76O8. The van der Waals surface area contributed by atoms with Crippen molar-refractivity contribution < 1.29 is 38.0 Å². The Morgan fingerprint density at radius 1 is 0.509 bits per heavy atom. The molecule has 0 spiro atoms. The van der Waals surface area contributed by atoms with Gasteiger partial charge in [0, 0.05) is 47.6 Å². The molecule has 0 aliphatic heterocycles. The lowest BCUT2D eigenvalue weighted by Gasteiger charge is -2.24. The second-order valence-electron chi connectivity index (χ2n) is 15.9. The van der Waals surface area contributed by atoms with Crippen molar-refractivity contribution in [2.24, 2.45) is 11.8 Å². The number of fused-ring (bicyclic) bond motifs is 2. The Morgan fingerprint density at radius 2 is 0.947 bits per heavy atom. The van der Waals surface area contributed by atoms with E-state index in [1.54, 1.807) is 0 Å². The average Bonchev–Trinajstić information content (AvgIpc) is 3.21. The second-order valence-corrected chi connectivity index (χ2v) is 15.9. The van der Waals surface area contributed by atoms with E-state index in [0.29, 0.717) is 49.4 Å². The molecule has 0 N–H and O–H groups in total. The van der Waals surface area contributed by atoms with Gasteiger partial charge >= 0.3 is 11.9 Å². The molecule has 320 valence electrons. The predicted molar refractivity (Wildman–Crippen MR) is 233 cm³/mol. The minimum absolute atomic E-state index is 0.156. The molecule has 57 heavy (non-hydrogen) atoms. The standard InChI is InChI=1S/C49H76O8/c1-8-14-18-26-46(50)56-40(33-52-31-38(12-5)22-16-10-3)35-54-48-42-24-20-21-25-43(42)49(45-30-37(7)28-29-44(45)48)55-36-41(57-47(51)27-19-15-9-2)34-53-32-39(13-6)23-17-11-4/h20-21,24-25,28-30,38-41H,8-19,22-23,26-27,31-36H2,1-7H3. The van der Waals surface area contributed by atoms with Gasteiger partial charge in [0.15, 0.2) is 12.2 Å². The number of hydrogen-bond acceptors (Lipinski definition) is 8. The molecule has 3 aromatic rings. The summed E-state index contributed by atoms with van der Waals surface area (Å²) in [5.41, 5.74) is 1.08. The van der Waals surface area contributed by atoms with E-state index in [1.165, 1.54) is 12.8 Å².